The molecule has 0 aliphatic carbocycles. The molecule has 0 atom stereocenters. The zero-order chi connectivity index (χ0) is 8.15. The third-order valence-electron chi connectivity index (χ3n) is 0.753. The molecule has 0 aliphatic rings. The minimum absolute atomic E-state index is 0.297. The summed E-state index contributed by atoms with van der Waals surface area (Å²) in [5.74, 6) is 0.516. The molecule has 5 N–H and O–H groups in total. The third-order valence-corrected chi connectivity index (χ3v) is 0.871. The number of hydrogen-bond donors (Lipinski definition) is 3. The van der Waals surface area contributed by atoms with Gasteiger partial charge in [-0.2, -0.15) is 0 Å². The largest absolute Gasteiger partial charge is 0.390 e. The Bertz CT molecular complexity index is 151. The lowest BCUT2D eigenvalue weighted by Crippen LogP contribution is -2.28. The molecule has 0 fully saturated rings. The van der Waals surface area contributed by atoms with Crippen LogP contribution in [0.2, 0.25) is 0 Å². The Balaban J connectivity index is 3.83. The molecule has 0 radical (unpaired) electrons. The fourth-order valence-corrected chi connectivity index (χ4v) is 0.655. The van der Waals surface area contributed by atoms with Gasteiger partial charge in [-0.1, -0.05) is 12.2 Å². The average Bonchev–Trinajstić information content (AvgIpc) is 1.58. The molecule has 0 aliphatic heterocycles. The highest BCUT2D eigenvalue weighted by molar-refractivity contribution is 7.80. The number of hydrogen-bond acceptors (Lipinski definition) is 3. The zero-order valence-electron chi connectivity index (χ0n) is 6.22. The summed E-state index contributed by atoms with van der Waals surface area (Å²) < 4.78 is 0. The second kappa shape index (κ2) is 4.11. The van der Waals surface area contributed by atoms with E-state index in [0.29, 0.717) is 16.9 Å². The molecule has 3 nitrogen and oxygen atoms in total. The fourth-order valence-electron chi connectivity index (χ4n) is 0.528. The predicted octanol–water partition coefficient (Wildman–Crippen LogP) is 0.0706. The van der Waals surface area contributed by atoms with Gasteiger partial charge in [-0.15, -0.1) is 0 Å². The van der Waals surface area contributed by atoms with Gasteiger partial charge in [0.05, 0.1) is 10.8 Å². The Labute approximate surface area is 66.5 Å². The highest BCUT2D eigenvalue weighted by atomic mass is 32.1. The number of thiocarbonyl (C=S) groups is 1. The van der Waals surface area contributed by atoms with Gasteiger partial charge in [-0.3, -0.25) is 0 Å². The summed E-state index contributed by atoms with van der Waals surface area (Å²) in [7, 11) is 0. The van der Waals surface area contributed by atoms with E-state index < -0.39 is 0 Å². The summed E-state index contributed by atoms with van der Waals surface area (Å²) >= 11 is 4.61. The van der Waals surface area contributed by atoms with Gasteiger partial charge in [0.25, 0.3) is 0 Å². The molecule has 0 unspecified atom stereocenters. The van der Waals surface area contributed by atoms with Crippen molar-refractivity contribution in [2.24, 2.45) is 11.5 Å². The summed E-state index contributed by atoms with van der Waals surface area (Å²) in [5, 5.41) is 2.95. The molecule has 0 bridgehead atoms. The lowest BCUT2D eigenvalue weighted by atomic mass is 10.4. The molecular weight excluding hydrogens is 146 g/mol. The number of nitrogens with two attached hydrogens (primary N) is 2. The van der Waals surface area contributed by atoms with Crippen LogP contribution >= 0.6 is 12.2 Å². The van der Waals surface area contributed by atoms with Gasteiger partial charge in [0.2, 0.25) is 0 Å². The van der Waals surface area contributed by atoms with E-state index in [2.05, 4.69) is 17.5 Å². The quantitative estimate of drug-likeness (QED) is 0.403. The van der Waals surface area contributed by atoms with Gasteiger partial charge < -0.3 is 16.8 Å². The molecule has 0 saturated heterocycles. The van der Waals surface area contributed by atoms with Crippen LogP contribution in [-0.4, -0.2) is 11.0 Å². The fraction of sp³-hybridized carbons (Fsp3) is 0.500. The van der Waals surface area contributed by atoms with Gasteiger partial charge in [0, 0.05) is 12.1 Å². The molecule has 0 aromatic carbocycles. The Morgan fingerprint density at radius 2 is 2.00 bits per heavy atom. The van der Waals surface area contributed by atoms with Crippen molar-refractivity contribution in [3.63, 3.8) is 0 Å². The van der Waals surface area contributed by atoms with Crippen molar-refractivity contribution >= 4 is 17.2 Å². The number of rotatable bonds is 3. The predicted molar refractivity (Wildman–Crippen MR) is 47.3 cm³/mol. The van der Waals surface area contributed by atoms with E-state index in [9.17, 15) is 0 Å². The topological polar surface area (TPSA) is 64.1 Å². The first-order valence-electron chi connectivity index (χ1n) is 3.05. The molecule has 0 aromatic rings. The lowest BCUT2D eigenvalue weighted by molar-refractivity contribution is 0.664. The van der Waals surface area contributed by atoms with Crippen LogP contribution in [0.5, 0.6) is 0 Å². The van der Waals surface area contributed by atoms with Crippen LogP contribution < -0.4 is 16.8 Å². The van der Waals surface area contributed by atoms with E-state index in [-0.39, 0.29) is 0 Å². The Hall–Kier alpha value is -0.770. The zero-order valence-corrected chi connectivity index (χ0v) is 7.03. The van der Waals surface area contributed by atoms with Crippen molar-refractivity contribution in [1.29, 1.82) is 0 Å². The van der Waals surface area contributed by atoms with Crippen LogP contribution in [0.15, 0.2) is 11.9 Å². The SMILES string of the molecule is CC(C)NC(N)=CC(N)=S. The maximum atomic E-state index is 5.46. The summed E-state index contributed by atoms with van der Waals surface area (Å²) in [6, 6.07) is 0.311. The second-order valence-corrected chi connectivity index (χ2v) is 2.77. The van der Waals surface area contributed by atoms with Crippen LogP contribution in [0, 0.1) is 0 Å². The van der Waals surface area contributed by atoms with Gasteiger partial charge >= 0.3 is 0 Å². The van der Waals surface area contributed by atoms with E-state index in [0.717, 1.165) is 0 Å². The van der Waals surface area contributed by atoms with Crippen LogP contribution in [-0.2, 0) is 0 Å². The molecule has 58 valence electrons. The van der Waals surface area contributed by atoms with E-state index in [1.807, 2.05) is 13.8 Å². The van der Waals surface area contributed by atoms with Crippen LogP contribution in [0.25, 0.3) is 0 Å². The van der Waals surface area contributed by atoms with Crippen molar-refractivity contribution in [3.8, 4) is 0 Å². The maximum Gasteiger partial charge on any atom is 0.0998 e. The standard InChI is InChI=1S/C6H13N3S/c1-4(2)9-5(7)3-6(8)10/h3-4,9H,7H2,1-2H3,(H2,8,10). The third kappa shape index (κ3) is 5.37. The normalized spacial score (nSPS) is 11.7. The van der Waals surface area contributed by atoms with E-state index in [1.54, 1.807) is 0 Å². The highest BCUT2D eigenvalue weighted by Gasteiger charge is 1.92. The molecule has 10 heavy (non-hydrogen) atoms. The first-order valence-corrected chi connectivity index (χ1v) is 3.46. The Morgan fingerprint density at radius 3 is 2.30 bits per heavy atom. The molecule has 4 heteroatoms. The molecule has 0 aromatic heterocycles. The molecule has 0 rings (SSSR count). The minimum atomic E-state index is 0.297. The monoisotopic (exact) mass is 159 g/mol. The van der Waals surface area contributed by atoms with E-state index in [4.69, 9.17) is 11.5 Å². The van der Waals surface area contributed by atoms with Gasteiger partial charge in [-0.25, -0.2) is 0 Å². The number of nitrogens with one attached hydrogen (secondary N) is 1. The molecule has 0 amide bonds. The maximum absolute atomic E-state index is 5.46. The summed E-state index contributed by atoms with van der Waals surface area (Å²) in [6.07, 6.45) is 1.52. The average molecular weight is 159 g/mol. The van der Waals surface area contributed by atoms with E-state index in [1.165, 1.54) is 6.08 Å². The molecule has 0 heterocycles. The van der Waals surface area contributed by atoms with Crippen LogP contribution in [0.4, 0.5) is 0 Å². The summed E-state index contributed by atoms with van der Waals surface area (Å²) in [5.41, 5.74) is 10.7. The van der Waals surface area contributed by atoms with Crippen molar-refractivity contribution in [2.75, 3.05) is 0 Å². The molecule has 0 saturated carbocycles. The van der Waals surface area contributed by atoms with Crippen LogP contribution in [0.3, 0.4) is 0 Å². The Kier molecular flexibility index (Phi) is 3.79. The molecular formula is C6H13N3S. The van der Waals surface area contributed by atoms with Crippen molar-refractivity contribution in [3.05, 3.63) is 11.9 Å². The van der Waals surface area contributed by atoms with Crippen molar-refractivity contribution < 1.29 is 0 Å². The van der Waals surface area contributed by atoms with Gasteiger partial charge in [0.1, 0.15) is 0 Å². The smallest absolute Gasteiger partial charge is 0.0998 e. The van der Waals surface area contributed by atoms with Crippen LogP contribution in [0.1, 0.15) is 13.8 Å². The highest BCUT2D eigenvalue weighted by Crippen LogP contribution is 1.82. The van der Waals surface area contributed by atoms with Gasteiger partial charge in [-0.05, 0) is 13.8 Å². The van der Waals surface area contributed by atoms with E-state index >= 15 is 0 Å². The van der Waals surface area contributed by atoms with Crippen molar-refractivity contribution in [1.82, 2.24) is 5.32 Å². The molecule has 0 spiro atoms. The van der Waals surface area contributed by atoms with Gasteiger partial charge in [0.15, 0.2) is 0 Å². The minimum Gasteiger partial charge on any atom is -0.390 e. The Morgan fingerprint density at radius 1 is 1.50 bits per heavy atom. The summed E-state index contributed by atoms with van der Waals surface area (Å²) in [4.78, 5) is 0.297. The first-order chi connectivity index (χ1) is 4.52. The first kappa shape index (κ1) is 9.23. The van der Waals surface area contributed by atoms with Crippen molar-refractivity contribution in [2.45, 2.75) is 19.9 Å². The second-order valence-electron chi connectivity index (χ2n) is 2.30. The summed E-state index contributed by atoms with van der Waals surface area (Å²) in [6.45, 7) is 3.97. The lowest BCUT2D eigenvalue weighted by Gasteiger charge is -2.08.